The fourth-order valence-electron chi connectivity index (χ4n) is 2.27. The average molecular weight is 286 g/mol. The molecule has 0 saturated carbocycles. The molecule has 108 valence electrons. The molecule has 3 heterocycles. The first-order valence-electron chi connectivity index (χ1n) is 6.64. The second-order valence-electron chi connectivity index (χ2n) is 4.76. The van der Waals surface area contributed by atoms with Crippen LogP contribution in [0.3, 0.4) is 0 Å². The molecule has 1 fully saturated rings. The van der Waals surface area contributed by atoms with Crippen molar-refractivity contribution in [2.24, 2.45) is 0 Å². The monoisotopic (exact) mass is 286 g/mol. The lowest BCUT2D eigenvalue weighted by atomic mass is 10.2. The summed E-state index contributed by atoms with van der Waals surface area (Å²) in [4.78, 5) is 22.0. The summed E-state index contributed by atoms with van der Waals surface area (Å²) >= 11 is 0. The van der Waals surface area contributed by atoms with E-state index in [4.69, 9.17) is 4.74 Å². The maximum absolute atomic E-state index is 12.3. The van der Waals surface area contributed by atoms with E-state index in [1.54, 1.807) is 35.5 Å². The second kappa shape index (κ2) is 5.74. The van der Waals surface area contributed by atoms with Crippen LogP contribution in [-0.2, 0) is 0 Å². The van der Waals surface area contributed by atoms with Crippen LogP contribution in [0.15, 0.2) is 43.0 Å². The van der Waals surface area contributed by atoms with Gasteiger partial charge in [0.2, 0.25) is 0 Å². The molecule has 0 unspecified atom stereocenters. The third-order valence-electron chi connectivity index (χ3n) is 3.27. The average Bonchev–Trinajstić information content (AvgIpc) is 2.96. The number of hydrogen-bond acceptors (Lipinski definition) is 5. The van der Waals surface area contributed by atoms with E-state index in [1.165, 1.54) is 12.4 Å². The molecule has 2 aromatic rings. The number of rotatable bonds is 3. The summed E-state index contributed by atoms with van der Waals surface area (Å²) in [5, 5.41) is 11.2. The molecule has 7 heteroatoms. The van der Waals surface area contributed by atoms with Crippen molar-refractivity contribution < 1.29 is 14.3 Å². The van der Waals surface area contributed by atoms with Gasteiger partial charge >= 0.3 is 6.01 Å². The molecule has 0 N–H and O–H groups in total. The minimum absolute atomic E-state index is 0.126. The van der Waals surface area contributed by atoms with Gasteiger partial charge < -0.3 is 14.8 Å². The Bertz CT molecular complexity index is 635. The maximum atomic E-state index is 12.3. The van der Waals surface area contributed by atoms with Crippen LogP contribution in [0, 0.1) is 5.21 Å². The van der Waals surface area contributed by atoms with E-state index in [-0.39, 0.29) is 12.0 Å². The number of amides is 1. The van der Waals surface area contributed by atoms with Gasteiger partial charge in [-0.05, 0) is 12.1 Å². The van der Waals surface area contributed by atoms with Gasteiger partial charge in [0, 0.05) is 31.4 Å². The van der Waals surface area contributed by atoms with E-state index in [1.807, 2.05) is 0 Å². The Labute approximate surface area is 121 Å². The Morgan fingerprint density at radius 1 is 1.38 bits per heavy atom. The molecule has 1 saturated heterocycles. The summed E-state index contributed by atoms with van der Waals surface area (Å²) in [6.45, 7) is 1.05. The van der Waals surface area contributed by atoms with Crippen molar-refractivity contribution in [1.82, 2.24) is 14.9 Å². The van der Waals surface area contributed by atoms with E-state index in [9.17, 15) is 10.0 Å². The summed E-state index contributed by atoms with van der Waals surface area (Å²) in [6.07, 6.45) is 6.43. The van der Waals surface area contributed by atoms with E-state index < -0.39 is 0 Å². The fraction of sp³-hybridized carbons (Fsp3) is 0.286. The molecular weight excluding hydrogens is 272 g/mol. The zero-order chi connectivity index (χ0) is 14.7. The first-order chi connectivity index (χ1) is 10.2. The van der Waals surface area contributed by atoms with Crippen LogP contribution in [0.25, 0.3) is 0 Å². The van der Waals surface area contributed by atoms with Gasteiger partial charge in [-0.2, -0.15) is 4.73 Å². The molecule has 0 spiro atoms. The fourth-order valence-corrected chi connectivity index (χ4v) is 2.27. The van der Waals surface area contributed by atoms with Gasteiger partial charge in [0.25, 0.3) is 5.91 Å². The molecule has 3 rings (SSSR count). The summed E-state index contributed by atoms with van der Waals surface area (Å²) in [5.41, 5.74) is 0.379. The molecule has 1 aliphatic rings. The van der Waals surface area contributed by atoms with Gasteiger partial charge in [-0.1, -0.05) is 0 Å². The number of aromatic nitrogens is 3. The first kappa shape index (κ1) is 13.3. The SMILES string of the molecule is O=C(c1ccc[n+]([O-])c1)N1CC[C@@H](Oc2ncccn2)C1. The lowest BCUT2D eigenvalue weighted by Crippen LogP contribution is -2.33. The van der Waals surface area contributed by atoms with Crippen LogP contribution in [0.2, 0.25) is 0 Å². The van der Waals surface area contributed by atoms with Gasteiger partial charge in [0.05, 0.1) is 6.54 Å². The zero-order valence-electron chi connectivity index (χ0n) is 11.3. The highest BCUT2D eigenvalue weighted by molar-refractivity contribution is 5.93. The largest absolute Gasteiger partial charge is 0.619 e. The van der Waals surface area contributed by atoms with Gasteiger partial charge in [0.15, 0.2) is 12.4 Å². The lowest BCUT2D eigenvalue weighted by molar-refractivity contribution is -0.605. The third kappa shape index (κ3) is 3.07. The van der Waals surface area contributed by atoms with E-state index in [0.717, 1.165) is 0 Å². The number of hydrogen-bond donors (Lipinski definition) is 0. The number of ether oxygens (including phenoxy) is 1. The minimum atomic E-state index is -0.166. The van der Waals surface area contributed by atoms with Crippen molar-refractivity contribution in [3.63, 3.8) is 0 Å². The maximum Gasteiger partial charge on any atom is 0.316 e. The van der Waals surface area contributed by atoms with Gasteiger partial charge in [0.1, 0.15) is 11.7 Å². The van der Waals surface area contributed by atoms with Crippen molar-refractivity contribution in [1.29, 1.82) is 0 Å². The van der Waals surface area contributed by atoms with E-state index in [0.29, 0.717) is 35.8 Å². The standard InChI is InChI=1S/C14H14N4O3/c19-13(11-3-1-7-18(20)9-11)17-8-4-12(10-17)21-14-15-5-2-6-16-14/h1-3,5-7,9,12H,4,8,10H2/t12-/m1/s1. The molecule has 1 amide bonds. The Morgan fingerprint density at radius 3 is 2.95 bits per heavy atom. The predicted octanol–water partition coefficient (Wildman–Crippen LogP) is 0.403. The van der Waals surface area contributed by atoms with Crippen LogP contribution in [0.5, 0.6) is 6.01 Å². The summed E-state index contributed by atoms with van der Waals surface area (Å²) in [7, 11) is 0. The number of likely N-dealkylation sites (tertiary alicyclic amines) is 1. The molecule has 2 aromatic heterocycles. The van der Waals surface area contributed by atoms with Crippen molar-refractivity contribution >= 4 is 5.91 Å². The molecule has 0 aromatic carbocycles. The highest BCUT2D eigenvalue weighted by Gasteiger charge is 2.29. The minimum Gasteiger partial charge on any atom is -0.619 e. The van der Waals surface area contributed by atoms with Crippen LogP contribution < -0.4 is 9.47 Å². The first-order valence-corrected chi connectivity index (χ1v) is 6.64. The third-order valence-corrected chi connectivity index (χ3v) is 3.27. The van der Waals surface area contributed by atoms with E-state index in [2.05, 4.69) is 9.97 Å². The topological polar surface area (TPSA) is 82.3 Å². The quantitative estimate of drug-likeness (QED) is 0.602. The van der Waals surface area contributed by atoms with Crippen LogP contribution in [0.1, 0.15) is 16.8 Å². The predicted molar refractivity (Wildman–Crippen MR) is 72.4 cm³/mol. The molecule has 7 nitrogen and oxygen atoms in total. The smallest absolute Gasteiger partial charge is 0.316 e. The number of carbonyl (C=O) groups excluding carboxylic acids is 1. The van der Waals surface area contributed by atoms with Gasteiger partial charge in [-0.15, -0.1) is 0 Å². The summed E-state index contributed by atoms with van der Waals surface area (Å²) < 4.78 is 6.25. The number of carbonyl (C=O) groups is 1. The van der Waals surface area contributed by atoms with Crippen molar-refractivity contribution in [3.05, 3.63) is 53.8 Å². The molecule has 0 aliphatic carbocycles. The summed E-state index contributed by atoms with van der Waals surface area (Å²) in [6, 6.07) is 5.21. The van der Waals surface area contributed by atoms with Crippen molar-refractivity contribution in [3.8, 4) is 6.01 Å². The Morgan fingerprint density at radius 2 is 2.19 bits per heavy atom. The van der Waals surface area contributed by atoms with Crippen molar-refractivity contribution in [2.45, 2.75) is 12.5 Å². The molecule has 0 radical (unpaired) electrons. The molecule has 21 heavy (non-hydrogen) atoms. The summed E-state index contributed by atoms with van der Waals surface area (Å²) in [5.74, 6) is -0.166. The Balaban J connectivity index is 1.63. The lowest BCUT2D eigenvalue weighted by Gasteiger charge is -2.16. The number of nitrogens with zero attached hydrogens (tertiary/aromatic N) is 4. The normalized spacial score (nSPS) is 17.7. The molecule has 1 atom stereocenters. The van der Waals surface area contributed by atoms with Gasteiger partial charge in [-0.25, -0.2) is 9.97 Å². The Hall–Kier alpha value is -2.70. The highest BCUT2D eigenvalue weighted by Crippen LogP contribution is 2.16. The molecule has 1 aliphatic heterocycles. The van der Waals surface area contributed by atoms with Crippen molar-refractivity contribution in [2.75, 3.05) is 13.1 Å². The van der Waals surface area contributed by atoms with E-state index >= 15 is 0 Å². The molecular formula is C14H14N4O3. The zero-order valence-corrected chi connectivity index (χ0v) is 11.3. The van der Waals surface area contributed by atoms with Crippen LogP contribution in [0.4, 0.5) is 0 Å². The second-order valence-corrected chi connectivity index (χ2v) is 4.76. The van der Waals surface area contributed by atoms with Crippen LogP contribution >= 0.6 is 0 Å². The van der Waals surface area contributed by atoms with Gasteiger partial charge in [-0.3, -0.25) is 4.79 Å². The number of pyridine rings is 1. The highest BCUT2D eigenvalue weighted by atomic mass is 16.5. The molecule has 0 bridgehead atoms. The Kier molecular flexibility index (Phi) is 3.63. The van der Waals surface area contributed by atoms with Crippen LogP contribution in [-0.4, -0.2) is 40.0 Å².